The standard InChI is InChI=1S/3C9H8N3.Ir/c3*1-7-6-9(12-11-7)8-4-2-3-5-10-8;/h3*2-6H,1H3;/q3*-1;+3. The fourth-order valence-corrected chi connectivity index (χ4v) is 3.08. The van der Waals surface area contributed by atoms with Crippen LogP contribution in [-0.4, -0.2) is 30.2 Å². The van der Waals surface area contributed by atoms with E-state index < -0.39 is 0 Å². The molecule has 0 atom stereocenters. The molecular formula is C27H24IrN9. The molecule has 6 aromatic rings. The van der Waals surface area contributed by atoms with E-state index in [-0.39, 0.29) is 20.1 Å². The molecule has 0 spiro atoms. The van der Waals surface area contributed by atoms with Gasteiger partial charge in [-0.05, 0) is 57.2 Å². The molecule has 6 aromatic heterocycles. The second-order valence-electron chi connectivity index (χ2n) is 7.76. The minimum Gasteiger partial charge on any atom is -0.574 e. The van der Waals surface area contributed by atoms with Gasteiger partial charge in [-0.1, -0.05) is 53.5 Å². The van der Waals surface area contributed by atoms with Gasteiger partial charge in [0.1, 0.15) is 0 Å². The molecule has 0 aliphatic carbocycles. The van der Waals surface area contributed by atoms with Crippen LogP contribution in [0.25, 0.3) is 34.2 Å². The summed E-state index contributed by atoms with van der Waals surface area (Å²) in [5.74, 6) is 0. The fourth-order valence-electron chi connectivity index (χ4n) is 3.08. The maximum atomic E-state index is 4.16. The van der Waals surface area contributed by atoms with Crippen molar-refractivity contribution in [3.8, 4) is 34.2 Å². The van der Waals surface area contributed by atoms with Gasteiger partial charge in [-0.3, -0.25) is 15.0 Å². The van der Waals surface area contributed by atoms with Crippen molar-refractivity contribution in [1.29, 1.82) is 0 Å². The van der Waals surface area contributed by atoms with Gasteiger partial charge in [-0.15, -0.1) is 0 Å². The van der Waals surface area contributed by atoms with E-state index >= 15 is 0 Å². The SMILES string of the molecule is Cc1cc(-c2ccccn2)[n-]n1.Cc1cc(-c2ccccn2)[n-]n1.Cc1cc(-c2ccccn2)[n-]n1.[Ir+3]. The number of aryl methyl sites for hydroxylation is 3. The Labute approximate surface area is 228 Å². The summed E-state index contributed by atoms with van der Waals surface area (Å²) in [5.41, 5.74) is 7.92. The quantitative estimate of drug-likeness (QED) is 0.274. The molecule has 0 fully saturated rings. The van der Waals surface area contributed by atoms with Crippen LogP contribution in [-0.2, 0) is 20.1 Å². The van der Waals surface area contributed by atoms with Crippen molar-refractivity contribution in [2.75, 3.05) is 0 Å². The van der Waals surface area contributed by atoms with Gasteiger partial charge in [0, 0.05) is 52.8 Å². The minimum atomic E-state index is 0. The Morgan fingerprint density at radius 2 is 0.757 bits per heavy atom. The molecule has 0 unspecified atom stereocenters. The Kier molecular flexibility index (Phi) is 10.1. The average molecular weight is 667 g/mol. The molecule has 0 radical (unpaired) electrons. The summed E-state index contributed by atoms with van der Waals surface area (Å²) >= 11 is 0. The smallest absolute Gasteiger partial charge is 0.574 e. The van der Waals surface area contributed by atoms with E-state index in [4.69, 9.17) is 0 Å². The molecule has 0 aromatic carbocycles. The third-order valence-electron chi connectivity index (χ3n) is 4.77. The predicted octanol–water partition coefficient (Wildman–Crippen LogP) is 4.23. The van der Waals surface area contributed by atoms with Gasteiger partial charge < -0.3 is 30.6 Å². The van der Waals surface area contributed by atoms with Crippen molar-refractivity contribution in [1.82, 2.24) is 45.5 Å². The zero-order valence-corrected chi connectivity index (χ0v) is 22.9. The van der Waals surface area contributed by atoms with E-state index in [0.29, 0.717) is 0 Å². The van der Waals surface area contributed by atoms with E-state index in [2.05, 4.69) is 45.5 Å². The van der Waals surface area contributed by atoms with E-state index in [9.17, 15) is 0 Å². The van der Waals surface area contributed by atoms with Crippen LogP contribution in [0.5, 0.6) is 0 Å². The zero-order chi connectivity index (χ0) is 25.2. The summed E-state index contributed by atoms with van der Waals surface area (Å²) < 4.78 is 0. The fraction of sp³-hybridized carbons (Fsp3) is 0.111. The van der Waals surface area contributed by atoms with Crippen LogP contribution in [0.1, 0.15) is 17.1 Å². The molecule has 0 saturated heterocycles. The van der Waals surface area contributed by atoms with Gasteiger partial charge in [0.15, 0.2) is 0 Å². The van der Waals surface area contributed by atoms with E-state index in [1.165, 1.54) is 0 Å². The molecule has 0 aliphatic rings. The van der Waals surface area contributed by atoms with Crippen molar-refractivity contribution in [3.63, 3.8) is 0 Å². The zero-order valence-electron chi connectivity index (χ0n) is 20.5. The van der Waals surface area contributed by atoms with Crippen molar-refractivity contribution in [2.24, 2.45) is 0 Å². The van der Waals surface area contributed by atoms with Gasteiger partial charge >= 0.3 is 20.1 Å². The predicted molar refractivity (Wildman–Crippen MR) is 137 cm³/mol. The Bertz CT molecular complexity index is 1280. The number of nitrogens with zero attached hydrogens (tertiary/aromatic N) is 9. The van der Waals surface area contributed by atoms with Crippen LogP contribution in [0, 0.1) is 20.8 Å². The van der Waals surface area contributed by atoms with Crippen LogP contribution in [0.2, 0.25) is 0 Å². The summed E-state index contributed by atoms with van der Waals surface area (Å²) in [6, 6.07) is 23.0. The largest absolute Gasteiger partial charge is 3.00 e. The number of pyridine rings is 3. The van der Waals surface area contributed by atoms with Gasteiger partial charge in [0.05, 0.1) is 0 Å². The molecule has 10 heteroatoms. The molecule has 0 saturated carbocycles. The first-order valence-electron chi connectivity index (χ1n) is 11.2. The second kappa shape index (κ2) is 13.7. The third-order valence-corrected chi connectivity index (χ3v) is 4.77. The normalized spacial score (nSPS) is 9.81. The first-order valence-corrected chi connectivity index (χ1v) is 11.2. The summed E-state index contributed by atoms with van der Waals surface area (Å²) in [7, 11) is 0. The summed E-state index contributed by atoms with van der Waals surface area (Å²) in [6.07, 6.45) is 5.25. The van der Waals surface area contributed by atoms with Gasteiger partial charge in [0.25, 0.3) is 0 Å². The average Bonchev–Trinajstić information content (AvgIpc) is 3.68. The molecule has 6 heterocycles. The summed E-state index contributed by atoms with van der Waals surface area (Å²) in [6.45, 7) is 5.75. The molecule has 0 aliphatic heterocycles. The Morgan fingerprint density at radius 1 is 0.459 bits per heavy atom. The number of hydrogen-bond acceptors (Lipinski definition) is 6. The Morgan fingerprint density at radius 3 is 0.946 bits per heavy atom. The van der Waals surface area contributed by atoms with Crippen LogP contribution in [0.4, 0.5) is 0 Å². The van der Waals surface area contributed by atoms with Gasteiger partial charge in [-0.25, -0.2) is 0 Å². The molecule has 0 amide bonds. The first kappa shape index (κ1) is 27.3. The van der Waals surface area contributed by atoms with Crippen LogP contribution < -0.4 is 15.3 Å². The van der Waals surface area contributed by atoms with E-state index in [1.807, 2.05) is 93.6 Å². The van der Waals surface area contributed by atoms with Gasteiger partial charge in [0.2, 0.25) is 0 Å². The second-order valence-corrected chi connectivity index (χ2v) is 7.76. The minimum absolute atomic E-state index is 0. The van der Waals surface area contributed by atoms with E-state index in [1.54, 1.807) is 18.6 Å². The number of hydrogen-bond donors (Lipinski definition) is 0. The topological polar surface area (TPSA) is 120 Å². The molecule has 186 valence electrons. The monoisotopic (exact) mass is 667 g/mol. The maximum absolute atomic E-state index is 4.16. The Hall–Kier alpha value is -4.27. The van der Waals surface area contributed by atoms with Crippen molar-refractivity contribution in [2.45, 2.75) is 20.8 Å². The number of rotatable bonds is 3. The van der Waals surface area contributed by atoms with Crippen LogP contribution in [0.3, 0.4) is 0 Å². The van der Waals surface area contributed by atoms with Crippen molar-refractivity contribution in [3.05, 3.63) is 108 Å². The third kappa shape index (κ3) is 8.13. The maximum Gasteiger partial charge on any atom is 3.00 e. The van der Waals surface area contributed by atoms with Crippen molar-refractivity contribution < 1.29 is 20.1 Å². The first-order chi connectivity index (χ1) is 17.6. The molecule has 37 heavy (non-hydrogen) atoms. The number of aromatic nitrogens is 9. The summed E-state index contributed by atoms with van der Waals surface area (Å²) in [5, 5.41) is 23.6. The van der Waals surface area contributed by atoms with Crippen LogP contribution >= 0.6 is 0 Å². The van der Waals surface area contributed by atoms with Crippen molar-refractivity contribution >= 4 is 0 Å². The molecule has 0 N–H and O–H groups in total. The Balaban J connectivity index is 0.000000152. The van der Waals surface area contributed by atoms with E-state index in [0.717, 1.165) is 51.2 Å². The molecule has 9 nitrogen and oxygen atoms in total. The molecular weight excluding hydrogens is 643 g/mol. The van der Waals surface area contributed by atoms with Gasteiger partial charge in [-0.2, -0.15) is 0 Å². The molecule has 6 rings (SSSR count). The molecule has 0 bridgehead atoms. The summed E-state index contributed by atoms with van der Waals surface area (Å²) in [4.78, 5) is 12.5. The van der Waals surface area contributed by atoms with Crippen LogP contribution in [0.15, 0.2) is 91.4 Å².